The van der Waals surface area contributed by atoms with Gasteiger partial charge in [0.15, 0.2) is 11.6 Å². The topological polar surface area (TPSA) is 111 Å². The van der Waals surface area contributed by atoms with Gasteiger partial charge in [-0.15, -0.1) is 11.3 Å². The number of hydrogen-bond donors (Lipinski definition) is 2. The average Bonchev–Trinajstić information content (AvgIpc) is 3.65. The Kier molecular flexibility index (Phi) is 8.19. The molecule has 0 spiro atoms. The molecule has 1 aromatic heterocycles. The minimum atomic E-state index is -0.617. The van der Waals surface area contributed by atoms with Crippen molar-refractivity contribution in [2.24, 2.45) is 4.99 Å². The molecular formula is C34H31N5O4S. The molecule has 2 aliphatic rings. The molecular weight excluding hydrogens is 574 g/mol. The molecule has 9 nitrogen and oxygen atoms in total. The first kappa shape index (κ1) is 29.2. The monoisotopic (exact) mass is 605 g/mol. The molecule has 10 heteroatoms. The van der Waals surface area contributed by atoms with Crippen LogP contribution in [-0.2, 0) is 4.79 Å². The first-order valence-corrected chi connectivity index (χ1v) is 15.2. The highest BCUT2D eigenvalue weighted by molar-refractivity contribution is 7.16. The molecule has 3 heterocycles. The molecule has 0 saturated carbocycles. The average molecular weight is 606 g/mol. The number of hydrogen-bond acceptors (Lipinski definition) is 8. The number of thiophene rings is 1. The van der Waals surface area contributed by atoms with Gasteiger partial charge in [0.2, 0.25) is 5.91 Å². The molecule has 1 fully saturated rings. The van der Waals surface area contributed by atoms with Crippen LogP contribution >= 0.6 is 11.3 Å². The SMILES string of the molecule is CC(=O)c1ccc(C(=O)Nc2ccc(C(=O)c3ccc4c(c3)C(C=Nc3ccc(N5CCN(C)CC5)cc3)C(=O)N4)cc2)s1. The zero-order valence-corrected chi connectivity index (χ0v) is 25.2. The fraction of sp³-hybridized carbons (Fsp3) is 0.206. The summed E-state index contributed by atoms with van der Waals surface area (Å²) in [5.74, 6) is -1.42. The molecule has 1 unspecified atom stereocenters. The molecule has 1 atom stereocenters. The lowest BCUT2D eigenvalue weighted by atomic mass is 9.96. The van der Waals surface area contributed by atoms with E-state index in [1.54, 1.807) is 60.8 Å². The summed E-state index contributed by atoms with van der Waals surface area (Å²) in [6, 6.07) is 23.0. The van der Waals surface area contributed by atoms with Gasteiger partial charge in [-0.25, -0.2) is 0 Å². The van der Waals surface area contributed by atoms with Crippen LogP contribution in [0.2, 0.25) is 0 Å². The van der Waals surface area contributed by atoms with Crippen LogP contribution in [0.5, 0.6) is 0 Å². The van der Waals surface area contributed by atoms with Crippen LogP contribution in [-0.4, -0.2) is 67.7 Å². The van der Waals surface area contributed by atoms with Crippen molar-refractivity contribution in [3.63, 3.8) is 0 Å². The molecule has 0 aliphatic carbocycles. The maximum Gasteiger partial charge on any atom is 0.265 e. The zero-order valence-electron chi connectivity index (χ0n) is 24.4. The van der Waals surface area contributed by atoms with E-state index in [0.29, 0.717) is 37.8 Å². The van der Waals surface area contributed by atoms with Gasteiger partial charge in [0.25, 0.3) is 5.91 Å². The molecule has 2 aliphatic heterocycles. The molecule has 4 aromatic rings. The minimum Gasteiger partial charge on any atom is -0.369 e. The molecule has 222 valence electrons. The van der Waals surface area contributed by atoms with Gasteiger partial charge < -0.3 is 20.4 Å². The molecule has 44 heavy (non-hydrogen) atoms. The lowest BCUT2D eigenvalue weighted by Gasteiger charge is -2.34. The molecule has 3 aromatic carbocycles. The van der Waals surface area contributed by atoms with Crippen molar-refractivity contribution in [3.05, 3.63) is 105 Å². The maximum atomic E-state index is 13.4. The Hall–Kier alpha value is -4.93. The second kappa shape index (κ2) is 12.4. The van der Waals surface area contributed by atoms with E-state index in [1.165, 1.54) is 6.92 Å². The Morgan fingerprint density at radius 1 is 0.886 bits per heavy atom. The van der Waals surface area contributed by atoms with Crippen molar-refractivity contribution in [2.75, 3.05) is 48.8 Å². The first-order chi connectivity index (χ1) is 21.2. The molecule has 0 radical (unpaired) electrons. The van der Waals surface area contributed by atoms with E-state index in [-0.39, 0.29) is 23.4 Å². The van der Waals surface area contributed by atoms with E-state index < -0.39 is 5.92 Å². The number of nitrogens with one attached hydrogen (secondary N) is 2. The van der Waals surface area contributed by atoms with Crippen molar-refractivity contribution < 1.29 is 19.2 Å². The molecule has 1 saturated heterocycles. The third-order valence-corrected chi connectivity index (χ3v) is 9.05. The van der Waals surface area contributed by atoms with Crippen molar-refractivity contribution in [1.82, 2.24) is 4.90 Å². The van der Waals surface area contributed by atoms with Gasteiger partial charge in [0, 0.05) is 60.6 Å². The summed E-state index contributed by atoms with van der Waals surface area (Å²) in [5.41, 5.74) is 4.69. The summed E-state index contributed by atoms with van der Waals surface area (Å²) in [6.07, 6.45) is 1.63. The van der Waals surface area contributed by atoms with Crippen molar-refractivity contribution in [3.8, 4) is 0 Å². The summed E-state index contributed by atoms with van der Waals surface area (Å²) in [6.45, 7) is 5.50. The highest BCUT2D eigenvalue weighted by Crippen LogP contribution is 2.33. The number of nitrogens with zero attached hydrogens (tertiary/aromatic N) is 3. The van der Waals surface area contributed by atoms with E-state index in [0.717, 1.165) is 48.9 Å². The number of Topliss-reactive ketones (excluding diaryl/α,β-unsaturated/α-hetero) is 1. The van der Waals surface area contributed by atoms with E-state index in [2.05, 4.69) is 44.6 Å². The van der Waals surface area contributed by atoms with Gasteiger partial charge in [-0.2, -0.15) is 0 Å². The number of piperazine rings is 1. The highest BCUT2D eigenvalue weighted by atomic mass is 32.1. The summed E-state index contributed by atoms with van der Waals surface area (Å²) in [4.78, 5) is 60.5. The normalized spacial score (nSPS) is 16.5. The van der Waals surface area contributed by atoms with E-state index in [4.69, 9.17) is 0 Å². The Morgan fingerprint density at radius 3 is 2.25 bits per heavy atom. The highest BCUT2D eigenvalue weighted by Gasteiger charge is 2.30. The number of ketones is 2. The second-order valence-electron chi connectivity index (χ2n) is 10.9. The van der Waals surface area contributed by atoms with Crippen LogP contribution in [0.25, 0.3) is 0 Å². The van der Waals surface area contributed by atoms with Crippen LogP contribution in [0.15, 0.2) is 83.9 Å². The van der Waals surface area contributed by atoms with Gasteiger partial charge in [0.1, 0.15) is 5.92 Å². The lowest BCUT2D eigenvalue weighted by Crippen LogP contribution is -2.44. The van der Waals surface area contributed by atoms with Crippen LogP contribution < -0.4 is 15.5 Å². The molecule has 2 amide bonds. The number of carbonyl (C=O) groups is 4. The predicted octanol–water partition coefficient (Wildman–Crippen LogP) is 5.62. The fourth-order valence-electron chi connectivity index (χ4n) is 5.26. The van der Waals surface area contributed by atoms with Crippen LogP contribution in [0.1, 0.15) is 53.7 Å². The summed E-state index contributed by atoms with van der Waals surface area (Å²) < 4.78 is 0. The maximum absolute atomic E-state index is 13.4. The third kappa shape index (κ3) is 6.22. The van der Waals surface area contributed by atoms with Crippen molar-refractivity contribution in [1.29, 1.82) is 0 Å². The smallest absolute Gasteiger partial charge is 0.265 e. The number of anilines is 3. The lowest BCUT2D eigenvalue weighted by molar-refractivity contribution is -0.115. The quantitative estimate of drug-likeness (QED) is 0.199. The van der Waals surface area contributed by atoms with Crippen molar-refractivity contribution >= 4 is 63.7 Å². The number of rotatable bonds is 8. The predicted molar refractivity (Wildman–Crippen MR) is 174 cm³/mol. The van der Waals surface area contributed by atoms with Crippen molar-refractivity contribution in [2.45, 2.75) is 12.8 Å². The van der Waals surface area contributed by atoms with Gasteiger partial charge >= 0.3 is 0 Å². The van der Waals surface area contributed by atoms with Gasteiger partial charge in [-0.05, 0) is 98.4 Å². The Bertz CT molecular complexity index is 1770. The number of fused-ring (bicyclic) bond motifs is 1. The summed E-state index contributed by atoms with van der Waals surface area (Å²) >= 11 is 1.13. The molecule has 0 bridgehead atoms. The Balaban J connectivity index is 1.13. The van der Waals surface area contributed by atoms with E-state index in [1.807, 2.05) is 12.1 Å². The standard InChI is InChI=1S/C34H31N5O4S/c1-21(40)30-13-14-31(44-30)34(43)36-25-6-3-22(4-7-25)32(41)23-5-12-29-27(19-23)28(33(42)37-29)20-35-24-8-10-26(11-9-24)39-17-15-38(2)16-18-39/h3-14,19-20,28H,15-18H2,1-2H3,(H,36,43)(H,37,42). The second-order valence-corrected chi connectivity index (χ2v) is 12.0. The first-order valence-electron chi connectivity index (χ1n) is 14.3. The fourth-order valence-corrected chi connectivity index (χ4v) is 6.06. The minimum absolute atomic E-state index is 0.0892. The molecule has 2 N–H and O–H groups in total. The Morgan fingerprint density at radius 2 is 1.57 bits per heavy atom. The summed E-state index contributed by atoms with van der Waals surface area (Å²) in [5, 5.41) is 5.68. The van der Waals surface area contributed by atoms with Gasteiger partial charge in [0.05, 0.1) is 15.4 Å². The largest absolute Gasteiger partial charge is 0.369 e. The van der Waals surface area contributed by atoms with E-state index >= 15 is 0 Å². The number of benzene rings is 3. The third-order valence-electron chi connectivity index (χ3n) is 7.86. The van der Waals surface area contributed by atoms with Gasteiger partial charge in [-0.1, -0.05) is 0 Å². The molecule has 6 rings (SSSR count). The van der Waals surface area contributed by atoms with Crippen LogP contribution in [0.4, 0.5) is 22.7 Å². The number of amides is 2. The number of carbonyl (C=O) groups excluding carboxylic acids is 4. The number of likely N-dealkylation sites (N-methyl/N-ethyl adjacent to an activating group) is 1. The zero-order chi connectivity index (χ0) is 30.8. The summed E-state index contributed by atoms with van der Waals surface area (Å²) in [7, 11) is 2.13. The Labute approximate surface area is 259 Å². The van der Waals surface area contributed by atoms with Crippen LogP contribution in [0.3, 0.4) is 0 Å². The van der Waals surface area contributed by atoms with Crippen LogP contribution in [0, 0.1) is 0 Å². The number of aliphatic imine (C=N–C) groups is 1. The van der Waals surface area contributed by atoms with E-state index in [9.17, 15) is 19.2 Å². The van der Waals surface area contributed by atoms with Gasteiger partial charge in [-0.3, -0.25) is 24.2 Å².